The summed E-state index contributed by atoms with van der Waals surface area (Å²) in [7, 11) is 0. The minimum Gasteiger partial charge on any atom is -0.308 e. The van der Waals surface area contributed by atoms with Gasteiger partial charge in [-0.25, -0.2) is 13.2 Å². The Morgan fingerprint density at radius 1 is 1.17 bits per heavy atom. The van der Waals surface area contributed by atoms with Crippen LogP contribution in [-0.2, 0) is 0 Å². The molecule has 0 bridgehead atoms. The van der Waals surface area contributed by atoms with Crippen molar-refractivity contribution in [2.24, 2.45) is 0 Å². The van der Waals surface area contributed by atoms with Crippen molar-refractivity contribution >= 4 is 6.08 Å². The van der Waals surface area contributed by atoms with Gasteiger partial charge in [-0.15, -0.1) is 0 Å². The molecule has 0 radical (unpaired) electrons. The Morgan fingerprint density at radius 3 is 2.11 bits per heavy atom. The minimum atomic E-state index is -1.43. The highest BCUT2D eigenvalue weighted by atomic mass is 19.2. The van der Waals surface area contributed by atoms with Crippen LogP contribution in [0.1, 0.15) is 33.3 Å². The Labute approximate surface area is 106 Å². The fourth-order valence-corrected chi connectivity index (χ4v) is 1.40. The van der Waals surface area contributed by atoms with E-state index in [9.17, 15) is 13.2 Å². The molecule has 18 heavy (non-hydrogen) atoms. The molecule has 1 rings (SSSR count). The zero-order chi connectivity index (χ0) is 13.9. The van der Waals surface area contributed by atoms with Gasteiger partial charge in [0.05, 0.1) is 0 Å². The Bertz CT molecular complexity index is 436. The lowest BCUT2D eigenvalue weighted by molar-refractivity contribution is 0.444. The summed E-state index contributed by atoms with van der Waals surface area (Å²) in [6, 6.07) is 1.97. The molecule has 1 N–H and O–H groups in total. The Morgan fingerprint density at radius 2 is 1.67 bits per heavy atom. The van der Waals surface area contributed by atoms with Crippen LogP contribution in [-0.4, -0.2) is 12.1 Å². The van der Waals surface area contributed by atoms with Crippen molar-refractivity contribution in [3.63, 3.8) is 0 Å². The Hall–Kier alpha value is -1.29. The second-order valence-corrected chi connectivity index (χ2v) is 5.39. The molecular formula is C14H18F3N. The lowest BCUT2D eigenvalue weighted by atomic mass is 10.1. The lowest BCUT2D eigenvalue weighted by Crippen LogP contribution is -2.36. The van der Waals surface area contributed by atoms with Crippen LogP contribution < -0.4 is 5.32 Å². The maximum atomic E-state index is 13.0. The lowest BCUT2D eigenvalue weighted by Gasteiger charge is -2.20. The van der Waals surface area contributed by atoms with Crippen molar-refractivity contribution in [1.82, 2.24) is 5.32 Å². The third-order valence-electron chi connectivity index (χ3n) is 2.32. The molecule has 0 aromatic heterocycles. The second-order valence-electron chi connectivity index (χ2n) is 5.39. The molecule has 0 aliphatic rings. The highest BCUT2D eigenvalue weighted by Gasteiger charge is 2.10. The Balaban J connectivity index is 2.83. The topological polar surface area (TPSA) is 12.0 Å². The molecular weight excluding hydrogens is 239 g/mol. The van der Waals surface area contributed by atoms with E-state index in [0.29, 0.717) is 12.1 Å². The summed E-state index contributed by atoms with van der Waals surface area (Å²) in [5.74, 6) is -3.77. The third-order valence-corrected chi connectivity index (χ3v) is 2.32. The van der Waals surface area contributed by atoms with E-state index in [4.69, 9.17) is 0 Å². The van der Waals surface area contributed by atoms with Gasteiger partial charge in [0.25, 0.3) is 0 Å². The monoisotopic (exact) mass is 257 g/mol. The van der Waals surface area contributed by atoms with Crippen LogP contribution in [0, 0.1) is 17.5 Å². The first-order valence-electron chi connectivity index (χ1n) is 5.76. The van der Waals surface area contributed by atoms with Crippen LogP contribution in [0.25, 0.3) is 6.08 Å². The van der Waals surface area contributed by atoms with Gasteiger partial charge in [-0.3, -0.25) is 0 Å². The van der Waals surface area contributed by atoms with Gasteiger partial charge in [-0.2, -0.15) is 0 Å². The zero-order valence-corrected chi connectivity index (χ0v) is 11.1. The zero-order valence-electron chi connectivity index (χ0n) is 11.1. The minimum absolute atomic E-state index is 0.0333. The summed E-state index contributed by atoms with van der Waals surface area (Å²) in [5.41, 5.74) is 1.20. The number of hydrogen-bond acceptors (Lipinski definition) is 1. The van der Waals surface area contributed by atoms with Crippen molar-refractivity contribution < 1.29 is 13.2 Å². The molecule has 0 atom stereocenters. The number of nitrogens with one attached hydrogen (secondary N) is 1. The molecule has 1 nitrogen and oxygen atoms in total. The highest BCUT2D eigenvalue weighted by molar-refractivity contribution is 5.53. The van der Waals surface area contributed by atoms with Gasteiger partial charge in [0.2, 0.25) is 0 Å². The van der Waals surface area contributed by atoms with E-state index in [1.165, 1.54) is 0 Å². The van der Waals surface area contributed by atoms with Gasteiger partial charge >= 0.3 is 0 Å². The van der Waals surface area contributed by atoms with Gasteiger partial charge in [0.1, 0.15) is 0 Å². The van der Waals surface area contributed by atoms with E-state index >= 15 is 0 Å². The molecule has 0 saturated carbocycles. The van der Waals surface area contributed by atoms with E-state index in [-0.39, 0.29) is 5.54 Å². The van der Waals surface area contributed by atoms with E-state index in [0.717, 1.165) is 17.7 Å². The summed E-state index contributed by atoms with van der Waals surface area (Å²) in [6.07, 6.45) is 1.63. The van der Waals surface area contributed by atoms with Crippen molar-refractivity contribution in [3.8, 4) is 0 Å². The molecule has 4 heteroatoms. The van der Waals surface area contributed by atoms with E-state index in [1.54, 1.807) is 6.08 Å². The first-order chi connectivity index (χ1) is 8.19. The fourth-order valence-electron chi connectivity index (χ4n) is 1.40. The first kappa shape index (κ1) is 14.8. The first-order valence-corrected chi connectivity index (χ1v) is 5.76. The number of benzene rings is 1. The summed E-state index contributed by atoms with van der Waals surface area (Å²) < 4.78 is 38.8. The number of hydrogen-bond donors (Lipinski definition) is 1. The van der Waals surface area contributed by atoms with Crippen LogP contribution >= 0.6 is 0 Å². The van der Waals surface area contributed by atoms with E-state index < -0.39 is 17.5 Å². The van der Waals surface area contributed by atoms with Crippen molar-refractivity contribution in [2.45, 2.75) is 33.2 Å². The molecule has 100 valence electrons. The molecule has 0 amide bonds. The molecule has 0 unspecified atom stereocenters. The average Bonchev–Trinajstić information content (AvgIpc) is 2.22. The van der Waals surface area contributed by atoms with Crippen LogP contribution in [0.2, 0.25) is 0 Å². The van der Waals surface area contributed by atoms with Crippen molar-refractivity contribution in [1.29, 1.82) is 0 Å². The highest BCUT2D eigenvalue weighted by Crippen LogP contribution is 2.16. The van der Waals surface area contributed by atoms with E-state index in [1.807, 2.05) is 27.7 Å². The summed E-state index contributed by atoms with van der Waals surface area (Å²) in [6.45, 7) is 8.52. The standard InChI is InChI=1S/C14H18F3N/c1-9(8-18-14(2,3)4)5-10-6-11(15)13(17)12(16)7-10/h5-7,18H,8H2,1-4H3. The fraction of sp³-hybridized carbons (Fsp3) is 0.429. The van der Waals surface area contributed by atoms with Gasteiger partial charge < -0.3 is 5.32 Å². The molecule has 0 heterocycles. The molecule has 1 aromatic rings. The maximum Gasteiger partial charge on any atom is 0.194 e. The van der Waals surface area contributed by atoms with Crippen LogP contribution in [0.3, 0.4) is 0 Å². The predicted octanol–water partition coefficient (Wildman–Crippen LogP) is 3.90. The Kier molecular flexibility index (Phi) is 4.57. The number of rotatable bonds is 3. The number of halogens is 3. The maximum absolute atomic E-state index is 13.0. The van der Waals surface area contributed by atoms with Gasteiger partial charge in [0.15, 0.2) is 17.5 Å². The van der Waals surface area contributed by atoms with Gasteiger partial charge in [0, 0.05) is 12.1 Å². The average molecular weight is 257 g/mol. The third kappa shape index (κ3) is 4.53. The van der Waals surface area contributed by atoms with Crippen molar-refractivity contribution in [3.05, 3.63) is 40.7 Å². The molecule has 0 aliphatic carbocycles. The molecule has 1 aromatic carbocycles. The summed E-state index contributed by atoms with van der Waals surface area (Å²) in [4.78, 5) is 0. The SMILES string of the molecule is CC(=Cc1cc(F)c(F)c(F)c1)CNC(C)(C)C. The smallest absolute Gasteiger partial charge is 0.194 e. The van der Waals surface area contributed by atoms with Gasteiger partial charge in [-0.1, -0.05) is 11.6 Å². The van der Waals surface area contributed by atoms with Gasteiger partial charge in [-0.05, 0) is 45.4 Å². The second kappa shape index (κ2) is 5.57. The van der Waals surface area contributed by atoms with Crippen LogP contribution in [0.4, 0.5) is 13.2 Å². The molecule has 0 fully saturated rings. The summed E-state index contributed by atoms with van der Waals surface area (Å²) in [5, 5.41) is 3.25. The largest absolute Gasteiger partial charge is 0.308 e. The van der Waals surface area contributed by atoms with Crippen LogP contribution in [0.5, 0.6) is 0 Å². The van der Waals surface area contributed by atoms with Crippen LogP contribution in [0.15, 0.2) is 17.7 Å². The van der Waals surface area contributed by atoms with E-state index in [2.05, 4.69) is 5.32 Å². The predicted molar refractivity (Wildman–Crippen MR) is 67.7 cm³/mol. The van der Waals surface area contributed by atoms with Crippen molar-refractivity contribution in [2.75, 3.05) is 6.54 Å². The quantitative estimate of drug-likeness (QED) is 0.810. The summed E-state index contributed by atoms with van der Waals surface area (Å²) >= 11 is 0. The normalized spacial score (nSPS) is 12.9. The molecule has 0 aliphatic heterocycles. The molecule has 0 saturated heterocycles. The molecule has 0 spiro atoms.